The van der Waals surface area contributed by atoms with Crippen molar-refractivity contribution in [1.82, 2.24) is 10.6 Å². The van der Waals surface area contributed by atoms with Crippen LogP contribution in [0.3, 0.4) is 0 Å². The molecule has 0 bridgehead atoms. The number of carbonyl (C=O) groups is 2. The number of nitrogens with one attached hydrogen (secondary N) is 3. The molecule has 1 aromatic carbocycles. The van der Waals surface area contributed by atoms with E-state index in [4.69, 9.17) is 0 Å². The normalized spacial score (nSPS) is 23.7. The zero-order valence-corrected chi connectivity index (χ0v) is 11.3. The molecule has 2 amide bonds. The van der Waals surface area contributed by atoms with Crippen molar-refractivity contribution < 1.29 is 9.59 Å². The monoisotopic (exact) mass is 273 g/mol. The van der Waals surface area contributed by atoms with Gasteiger partial charge >= 0.3 is 0 Å². The summed E-state index contributed by atoms with van der Waals surface area (Å²) in [6, 6.07) is 7.79. The van der Waals surface area contributed by atoms with Crippen molar-refractivity contribution in [3.8, 4) is 0 Å². The first-order valence-electron chi connectivity index (χ1n) is 7.13. The number of rotatable bonds is 3. The summed E-state index contributed by atoms with van der Waals surface area (Å²) in [5.41, 5.74) is 2.24. The van der Waals surface area contributed by atoms with Crippen molar-refractivity contribution in [2.45, 2.75) is 31.2 Å². The van der Waals surface area contributed by atoms with Crippen LogP contribution in [0.4, 0.5) is 5.69 Å². The molecule has 3 rings (SSSR count). The number of imide groups is 1. The van der Waals surface area contributed by atoms with Crippen molar-refractivity contribution in [3.63, 3.8) is 0 Å². The second-order valence-corrected chi connectivity index (χ2v) is 5.46. The molecule has 0 aromatic heterocycles. The van der Waals surface area contributed by atoms with E-state index in [9.17, 15) is 9.59 Å². The first-order valence-corrected chi connectivity index (χ1v) is 7.13. The standard InChI is InChI=1S/C15H19N3O2/c19-14-9-13(15(20)18-14)17-12-3-1-10(2-4-12)11-5-7-16-8-6-11/h1-4,11,13,16-17H,5-9H2,(H,18,19,20). The van der Waals surface area contributed by atoms with E-state index in [2.05, 4.69) is 28.1 Å². The van der Waals surface area contributed by atoms with Gasteiger partial charge in [0.1, 0.15) is 6.04 Å². The largest absolute Gasteiger partial charge is 0.373 e. The van der Waals surface area contributed by atoms with Crippen LogP contribution >= 0.6 is 0 Å². The molecule has 20 heavy (non-hydrogen) atoms. The first-order chi connectivity index (χ1) is 9.72. The molecular formula is C15H19N3O2. The van der Waals surface area contributed by atoms with E-state index in [0.29, 0.717) is 5.92 Å². The summed E-state index contributed by atoms with van der Waals surface area (Å²) in [6.07, 6.45) is 2.56. The van der Waals surface area contributed by atoms with Gasteiger partial charge in [-0.05, 0) is 49.5 Å². The third-order valence-electron chi connectivity index (χ3n) is 4.03. The Hall–Kier alpha value is -1.88. The predicted molar refractivity (Wildman–Crippen MR) is 76.5 cm³/mol. The molecule has 5 heteroatoms. The Bertz CT molecular complexity index is 506. The van der Waals surface area contributed by atoms with Crippen LogP contribution in [-0.4, -0.2) is 30.9 Å². The Morgan fingerprint density at radius 3 is 2.35 bits per heavy atom. The Morgan fingerprint density at radius 1 is 1.05 bits per heavy atom. The summed E-state index contributed by atoms with van der Waals surface area (Å²) in [6.45, 7) is 2.16. The van der Waals surface area contributed by atoms with Gasteiger partial charge in [-0.1, -0.05) is 12.1 Å². The van der Waals surface area contributed by atoms with Gasteiger partial charge in [0.15, 0.2) is 0 Å². The molecule has 1 aromatic rings. The van der Waals surface area contributed by atoms with Crippen LogP contribution in [0.15, 0.2) is 24.3 Å². The minimum Gasteiger partial charge on any atom is -0.373 e. The van der Waals surface area contributed by atoms with E-state index < -0.39 is 6.04 Å². The molecule has 5 nitrogen and oxygen atoms in total. The average Bonchev–Trinajstić information content (AvgIpc) is 2.79. The number of anilines is 1. The Morgan fingerprint density at radius 2 is 1.75 bits per heavy atom. The topological polar surface area (TPSA) is 70.2 Å². The SMILES string of the molecule is O=C1CC(Nc2ccc(C3CCNCC3)cc2)C(=O)N1. The van der Waals surface area contributed by atoms with Crippen LogP contribution < -0.4 is 16.0 Å². The van der Waals surface area contributed by atoms with Gasteiger partial charge < -0.3 is 10.6 Å². The van der Waals surface area contributed by atoms with E-state index >= 15 is 0 Å². The molecule has 0 spiro atoms. The first kappa shape index (κ1) is 13.1. The summed E-state index contributed by atoms with van der Waals surface area (Å²) < 4.78 is 0. The number of benzene rings is 1. The second-order valence-electron chi connectivity index (χ2n) is 5.46. The van der Waals surface area contributed by atoms with Crippen molar-refractivity contribution in [3.05, 3.63) is 29.8 Å². The highest BCUT2D eigenvalue weighted by atomic mass is 16.2. The second kappa shape index (κ2) is 5.63. The molecule has 2 heterocycles. The molecule has 0 radical (unpaired) electrons. The molecule has 2 aliphatic rings. The van der Waals surface area contributed by atoms with E-state index in [-0.39, 0.29) is 18.2 Å². The molecular weight excluding hydrogens is 254 g/mol. The lowest BCUT2D eigenvalue weighted by atomic mass is 9.90. The van der Waals surface area contributed by atoms with Crippen LogP contribution in [0, 0.1) is 0 Å². The Kier molecular flexibility index (Phi) is 3.69. The molecule has 0 saturated carbocycles. The molecule has 0 aliphatic carbocycles. The number of piperidine rings is 1. The quantitative estimate of drug-likeness (QED) is 0.718. The molecule has 2 fully saturated rings. The highest BCUT2D eigenvalue weighted by Gasteiger charge is 2.30. The van der Waals surface area contributed by atoms with Crippen LogP contribution in [0.2, 0.25) is 0 Å². The maximum atomic E-state index is 11.5. The highest BCUT2D eigenvalue weighted by Crippen LogP contribution is 2.26. The van der Waals surface area contributed by atoms with E-state index in [0.717, 1.165) is 18.8 Å². The minimum absolute atomic E-state index is 0.209. The van der Waals surface area contributed by atoms with Gasteiger partial charge in [0, 0.05) is 5.69 Å². The van der Waals surface area contributed by atoms with Gasteiger partial charge in [-0.25, -0.2) is 0 Å². The van der Waals surface area contributed by atoms with Gasteiger partial charge in [0.05, 0.1) is 6.42 Å². The third-order valence-corrected chi connectivity index (χ3v) is 4.03. The minimum atomic E-state index is -0.438. The van der Waals surface area contributed by atoms with Gasteiger partial charge in [0.2, 0.25) is 11.8 Å². The number of hydrogen-bond acceptors (Lipinski definition) is 4. The Labute approximate surface area is 118 Å². The number of amides is 2. The fraction of sp³-hybridized carbons (Fsp3) is 0.467. The third kappa shape index (κ3) is 2.82. The van der Waals surface area contributed by atoms with Crippen LogP contribution in [0.5, 0.6) is 0 Å². The molecule has 3 N–H and O–H groups in total. The van der Waals surface area contributed by atoms with Crippen LogP contribution in [0.1, 0.15) is 30.7 Å². The summed E-state index contributed by atoms with van der Waals surface area (Å²) in [7, 11) is 0. The average molecular weight is 273 g/mol. The van der Waals surface area contributed by atoms with Crippen molar-refractivity contribution in [2.75, 3.05) is 18.4 Å². The number of hydrogen-bond donors (Lipinski definition) is 3. The molecule has 2 aliphatic heterocycles. The van der Waals surface area contributed by atoms with Gasteiger partial charge in [0.25, 0.3) is 0 Å². The van der Waals surface area contributed by atoms with E-state index in [1.165, 1.54) is 18.4 Å². The Balaban J connectivity index is 1.64. The summed E-state index contributed by atoms with van der Waals surface area (Å²) in [5, 5.41) is 8.77. The number of carbonyl (C=O) groups excluding carboxylic acids is 2. The molecule has 2 saturated heterocycles. The zero-order chi connectivity index (χ0) is 13.9. The lowest BCUT2D eigenvalue weighted by molar-refractivity contribution is -0.124. The van der Waals surface area contributed by atoms with E-state index in [1.807, 2.05) is 12.1 Å². The van der Waals surface area contributed by atoms with Crippen molar-refractivity contribution >= 4 is 17.5 Å². The van der Waals surface area contributed by atoms with Crippen molar-refractivity contribution in [1.29, 1.82) is 0 Å². The molecule has 1 atom stereocenters. The fourth-order valence-electron chi connectivity index (χ4n) is 2.88. The lowest BCUT2D eigenvalue weighted by Crippen LogP contribution is -2.30. The lowest BCUT2D eigenvalue weighted by Gasteiger charge is -2.23. The summed E-state index contributed by atoms with van der Waals surface area (Å²) >= 11 is 0. The smallest absolute Gasteiger partial charge is 0.249 e. The summed E-state index contributed by atoms with van der Waals surface area (Å²) in [4.78, 5) is 22.6. The zero-order valence-electron chi connectivity index (χ0n) is 11.3. The fourth-order valence-corrected chi connectivity index (χ4v) is 2.88. The predicted octanol–water partition coefficient (Wildman–Crippen LogP) is 0.981. The van der Waals surface area contributed by atoms with Gasteiger partial charge in [-0.2, -0.15) is 0 Å². The van der Waals surface area contributed by atoms with Gasteiger partial charge in [-0.15, -0.1) is 0 Å². The maximum Gasteiger partial charge on any atom is 0.249 e. The summed E-state index contributed by atoms with van der Waals surface area (Å²) in [5.74, 6) is 0.179. The van der Waals surface area contributed by atoms with Crippen LogP contribution in [0.25, 0.3) is 0 Å². The van der Waals surface area contributed by atoms with Gasteiger partial charge in [-0.3, -0.25) is 14.9 Å². The highest BCUT2D eigenvalue weighted by molar-refractivity contribution is 6.06. The maximum absolute atomic E-state index is 11.5. The molecule has 1 unspecified atom stereocenters. The van der Waals surface area contributed by atoms with Crippen LogP contribution in [-0.2, 0) is 9.59 Å². The van der Waals surface area contributed by atoms with E-state index in [1.54, 1.807) is 0 Å². The molecule has 106 valence electrons. The van der Waals surface area contributed by atoms with Crippen molar-refractivity contribution in [2.24, 2.45) is 0 Å².